The molecule has 0 aromatic carbocycles. The van der Waals surface area contributed by atoms with E-state index in [1.807, 2.05) is 0 Å². The highest BCUT2D eigenvalue weighted by atomic mass is 16.1. The zero-order valence-electron chi connectivity index (χ0n) is 9.79. The first-order chi connectivity index (χ1) is 8.17. The van der Waals surface area contributed by atoms with Gasteiger partial charge in [0.15, 0.2) is 0 Å². The van der Waals surface area contributed by atoms with Crippen LogP contribution in [0.5, 0.6) is 0 Å². The molecule has 0 unspecified atom stereocenters. The van der Waals surface area contributed by atoms with Gasteiger partial charge in [-0.15, -0.1) is 0 Å². The second-order valence-electron chi connectivity index (χ2n) is 5.17. The van der Waals surface area contributed by atoms with Crippen LogP contribution in [-0.4, -0.2) is 4.98 Å². The normalized spacial score (nSPS) is 25.8. The van der Waals surface area contributed by atoms with Gasteiger partial charge in [-0.3, -0.25) is 4.79 Å². The molecule has 0 saturated heterocycles. The molecule has 0 amide bonds. The van der Waals surface area contributed by atoms with Gasteiger partial charge in [-0.1, -0.05) is 11.6 Å². The van der Waals surface area contributed by atoms with Gasteiger partial charge < -0.3 is 4.98 Å². The van der Waals surface area contributed by atoms with Crippen LogP contribution in [0.2, 0.25) is 0 Å². The van der Waals surface area contributed by atoms with Crippen molar-refractivity contribution in [2.24, 2.45) is 5.92 Å². The van der Waals surface area contributed by atoms with Crippen LogP contribution in [0.4, 0.5) is 0 Å². The smallest absolute Gasteiger partial charge is 0.249 e. The quantitative estimate of drug-likeness (QED) is 0.690. The molecule has 3 heteroatoms. The fourth-order valence-electron chi connectivity index (χ4n) is 3.34. The van der Waals surface area contributed by atoms with E-state index in [-0.39, 0.29) is 5.56 Å². The Morgan fingerprint density at radius 3 is 3.06 bits per heavy atom. The minimum atomic E-state index is -0.152. The molecule has 0 radical (unpaired) electrons. The van der Waals surface area contributed by atoms with Crippen molar-refractivity contribution in [2.75, 3.05) is 0 Å². The van der Waals surface area contributed by atoms with Crippen molar-refractivity contribution in [3.8, 4) is 6.07 Å². The van der Waals surface area contributed by atoms with E-state index in [9.17, 15) is 4.79 Å². The van der Waals surface area contributed by atoms with Crippen LogP contribution in [0.1, 0.15) is 42.5 Å². The van der Waals surface area contributed by atoms with E-state index in [1.165, 1.54) is 11.6 Å². The Labute approximate surface area is 99.8 Å². The first kappa shape index (κ1) is 10.3. The van der Waals surface area contributed by atoms with Crippen LogP contribution in [0.15, 0.2) is 22.5 Å². The molecule has 17 heavy (non-hydrogen) atoms. The largest absolute Gasteiger partial charge is 0.326 e. The molecule has 1 N–H and O–H groups in total. The maximum absolute atomic E-state index is 11.5. The summed E-state index contributed by atoms with van der Waals surface area (Å²) in [6.45, 7) is 2.15. The highest BCUT2D eigenvalue weighted by molar-refractivity contribution is 5.45. The predicted octanol–water partition coefficient (Wildman–Crippen LogP) is 2.24. The lowest BCUT2D eigenvalue weighted by atomic mass is 9.71. The van der Waals surface area contributed by atoms with Crippen molar-refractivity contribution in [3.63, 3.8) is 0 Å². The average Bonchev–Trinajstić information content (AvgIpc) is 2.26. The molecule has 2 aliphatic rings. The summed E-state index contributed by atoms with van der Waals surface area (Å²) in [5.74, 6) is 0.950. The van der Waals surface area contributed by atoms with Gasteiger partial charge in [-0.2, -0.15) is 5.26 Å². The summed E-state index contributed by atoms with van der Waals surface area (Å²) in [7, 11) is 0. The zero-order chi connectivity index (χ0) is 12.0. The lowest BCUT2D eigenvalue weighted by molar-refractivity contribution is 0.430. The Bertz CT molecular complexity index is 604. The first-order valence-electron chi connectivity index (χ1n) is 6.01. The summed E-state index contributed by atoms with van der Waals surface area (Å²) in [4.78, 5) is 14.4. The number of aromatic nitrogens is 1. The molecule has 0 fully saturated rings. The first-order valence-corrected chi connectivity index (χ1v) is 6.01. The number of rotatable bonds is 0. The van der Waals surface area contributed by atoms with Crippen molar-refractivity contribution < 1.29 is 0 Å². The van der Waals surface area contributed by atoms with Gasteiger partial charge in [0.05, 0.1) is 11.6 Å². The minimum Gasteiger partial charge on any atom is -0.326 e. The monoisotopic (exact) mass is 226 g/mol. The van der Waals surface area contributed by atoms with E-state index >= 15 is 0 Å². The second kappa shape index (κ2) is 3.59. The molecule has 2 aliphatic carbocycles. The summed E-state index contributed by atoms with van der Waals surface area (Å²) in [6.07, 6.45) is 5.32. The fourth-order valence-corrected chi connectivity index (χ4v) is 3.34. The maximum atomic E-state index is 11.5. The molecule has 1 heterocycles. The van der Waals surface area contributed by atoms with Crippen LogP contribution in [-0.2, 0) is 6.42 Å². The Balaban J connectivity index is 2.20. The van der Waals surface area contributed by atoms with Gasteiger partial charge in [0.1, 0.15) is 0 Å². The third kappa shape index (κ3) is 1.61. The van der Waals surface area contributed by atoms with Gasteiger partial charge in [-0.25, -0.2) is 0 Å². The van der Waals surface area contributed by atoms with Crippen LogP contribution < -0.4 is 5.56 Å². The fraction of sp³-hybridized carbons (Fsp3) is 0.429. The summed E-state index contributed by atoms with van der Waals surface area (Å²) >= 11 is 0. The summed E-state index contributed by atoms with van der Waals surface area (Å²) in [5.41, 5.74) is 3.91. The van der Waals surface area contributed by atoms with E-state index in [2.05, 4.69) is 24.1 Å². The number of allylic oxidation sites excluding steroid dienone is 2. The lowest BCUT2D eigenvalue weighted by Gasteiger charge is -2.34. The number of hydrogen-bond acceptors (Lipinski definition) is 2. The van der Waals surface area contributed by atoms with Crippen LogP contribution in [0, 0.1) is 17.2 Å². The molecule has 3 rings (SSSR count). The number of pyridine rings is 1. The van der Waals surface area contributed by atoms with Crippen molar-refractivity contribution in [1.82, 2.24) is 4.98 Å². The molecule has 1 aromatic heterocycles. The highest BCUT2D eigenvalue weighted by Gasteiger charge is 2.32. The number of nitrogens with zero attached hydrogens (tertiary/aromatic N) is 1. The highest BCUT2D eigenvalue weighted by Crippen LogP contribution is 2.43. The SMILES string of the molecule is CC1=C[C@H]2Cc3[nH]c(=O)cc(C#N)c3[C@@H](C1)C2. The third-order valence-corrected chi connectivity index (χ3v) is 3.84. The van der Waals surface area contributed by atoms with E-state index in [4.69, 9.17) is 5.26 Å². The lowest BCUT2D eigenvalue weighted by Crippen LogP contribution is -2.26. The van der Waals surface area contributed by atoms with Crippen molar-refractivity contribution in [1.29, 1.82) is 5.26 Å². The molecule has 0 saturated carbocycles. The van der Waals surface area contributed by atoms with Gasteiger partial charge in [0, 0.05) is 11.8 Å². The maximum Gasteiger partial charge on any atom is 0.249 e. The third-order valence-electron chi connectivity index (χ3n) is 3.84. The number of H-pyrrole nitrogens is 1. The number of nitrogens with one attached hydrogen (secondary N) is 1. The Morgan fingerprint density at radius 2 is 2.29 bits per heavy atom. The molecular weight excluding hydrogens is 212 g/mol. The van der Waals surface area contributed by atoms with E-state index in [1.54, 1.807) is 0 Å². The standard InChI is InChI=1S/C14H14N2O/c1-8-2-9-4-10(3-8)14-11(7-15)6-13(17)16-12(14)5-9/h2,6,9-10H,3-5H2,1H3,(H,16,17)/t9-,10+/m1/s1. The van der Waals surface area contributed by atoms with E-state index in [0.29, 0.717) is 17.4 Å². The Morgan fingerprint density at radius 1 is 1.47 bits per heavy atom. The van der Waals surface area contributed by atoms with Gasteiger partial charge in [0.25, 0.3) is 0 Å². The van der Waals surface area contributed by atoms with Crippen molar-refractivity contribution in [2.45, 2.75) is 32.1 Å². The number of aromatic amines is 1. The Kier molecular flexibility index (Phi) is 2.19. The van der Waals surface area contributed by atoms with Crippen molar-refractivity contribution in [3.05, 3.63) is 44.9 Å². The zero-order valence-corrected chi connectivity index (χ0v) is 9.79. The number of hydrogen-bond donors (Lipinski definition) is 1. The second-order valence-corrected chi connectivity index (χ2v) is 5.17. The molecular formula is C14H14N2O. The van der Waals surface area contributed by atoms with Gasteiger partial charge in [0.2, 0.25) is 5.56 Å². The molecule has 0 aliphatic heterocycles. The van der Waals surface area contributed by atoms with Gasteiger partial charge in [-0.05, 0) is 43.6 Å². The topological polar surface area (TPSA) is 56.6 Å². The molecule has 2 bridgehead atoms. The van der Waals surface area contributed by atoms with Crippen LogP contribution >= 0.6 is 0 Å². The molecule has 2 atom stereocenters. The Hall–Kier alpha value is -1.82. The van der Waals surface area contributed by atoms with Crippen LogP contribution in [0.3, 0.4) is 0 Å². The molecule has 0 spiro atoms. The summed E-state index contributed by atoms with van der Waals surface area (Å²) in [6, 6.07) is 3.61. The summed E-state index contributed by atoms with van der Waals surface area (Å²) < 4.78 is 0. The molecule has 1 aromatic rings. The van der Waals surface area contributed by atoms with Gasteiger partial charge >= 0.3 is 0 Å². The average molecular weight is 226 g/mol. The van der Waals surface area contributed by atoms with E-state index in [0.717, 1.165) is 30.5 Å². The predicted molar refractivity (Wildman–Crippen MR) is 64.7 cm³/mol. The van der Waals surface area contributed by atoms with E-state index < -0.39 is 0 Å². The number of fused-ring (bicyclic) bond motifs is 4. The molecule has 86 valence electrons. The summed E-state index contributed by atoms with van der Waals surface area (Å²) in [5, 5.41) is 9.16. The minimum absolute atomic E-state index is 0.152. The number of nitriles is 1. The molecule has 3 nitrogen and oxygen atoms in total. The van der Waals surface area contributed by atoms with Crippen molar-refractivity contribution >= 4 is 0 Å². The van der Waals surface area contributed by atoms with Crippen LogP contribution in [0.25, 0.3) is 0 Å².